The van der Waals surface area contributed by atoms with Crippen LogP contribution in [0.4, 0.5) is 15.9 Å². The number of hydrogen-bond donors (Lipinski definition) is 3. The number of carbonyl (C=O) groups excluding carboxylic acids is 1. The molecule has 8 heteroatoms. The molecule has 104 valence electrons. The van der Waals surface area contributed by atoms with Gasteiger partial charge < -0.3 is 10.7 Å². The molecule has 0 aliphatic carbocycles. The van der Waals surface area contributed by atoms with Gasteiger partial charge in [0.2, 0.25) is 0 Å². The third-order valence-corrected chi connectivity index (χ3v) is 2.81. The predicted molar refractivity (Wildman–Crippen MR) is 76.4 cm³/mol. The van der Waals surface area contributed by atoms with Gasteiger partial charge in [-0.1, -0.05) is 23.2 Å². The summed E-state index contributed by atoms with van der Waals surface area (Å²) >= 11 is 11.5. The number of hydrazine groups is 1. The van der Waals surface area contributed by atoms with Gasteiger partial charge in [-0.15, -0.1) is 0 Å². The summed E-state index contributed by atoms with van der Waals surface area (Å²) in [4.78, 5) is 15.8. The highest BCUT2D eigenvalue weighted by Gasteiger charge is 2.12. The average molecular weight is 315 g/mol. The maximum absolute atomic E-state index is 13.5. The van der Waals surface area contributed by atoms with E-state index in [-0.39, 0.29) is 22.2 Å². The van der Waals surface area contributed by atoms with Crippen molar-refractivity contribution in [3.05, 3.63) is 51.9 Å². The Kier molecular flexibility index (Phi) is 4.39. The Morgan fingerprint density at radius 2 is 2.00 bits per heavy atom. The van der Waals surface area contributed by atoms with Crippen LogP contribution in [0.3, 0.4) is 0 Å². The van der Waals surface area contributed by atoms with Gasteiger partial charge in [-0.2, -0.15) is 0 Å². The predicted octanol–water partition coefficient (Wildman–Crippen LogP) is 3.07. The van der Waals surface area contributed by atoms with E-state index >= 15 is 0 Å². The van der Waals surface area contributed by atoms with Crippen molar-refractivity contribution in [2.45, 2.75) is 0 Å². The van der Waals surface area contributed by atoms with Crippen LogP contribution in [0.2, 0.25) is 10.2 Å². The third-order valence-electron chi connectivity index (χ3n) is 2.38. The van der Waals surface area contributed by atoms with E-state index < -0.39 is 11.7 Å². The monoisotopic (exact) mass is 314 g/mol. The van der Waals surface area contributed by atoms with E-state index in [4.69, 9.17) is 29.0 Å². The first-order valence-electron chi connectivity index (χ1n) is 5.40. The number of benzene rings is 1. The lowest BCUT2D eigenvalue weighted by molar-refractivity contribution is 0.102. The van der Waals surface area contributed by atoms with E-state index in [0.717, 1.165) is 6.07 Å². The Morgan fingerprint density at radius 1 is 1.25 bits per heavy atom. The van der Waals surface area contributed by atoms with Crippen molar-refractivity contribution >= 4 is 40.6 Å². The lowest BCUT2D eigenvalue weighted by Crippen LogP contribution is -2.15. The number of nitrogen functional groups attached to an aromatic ring is 1. The van der Waals surface area contributed by atoms with Crippen LogP contribution < -0.4 is 16.6 Å². The second-order valence-corrected chi connectivity index (χ2v) is 4.61. The van der Waals surface area contributed by atoms with Crippen LogP contribution in [0.1, 0.15) is 10.4 Å². The first-order chi connectivity index (χ1) is 9.49. The number of carbonyl (C=O) groups is 1. The van der Waals surface area contributed by atoms with Gasteiger partial charge in [0, 0.05) is 10.6 Å². The highest BCUT2D eigenvalue weighted by molar-refractivity contribution is 6.31. The minimum Gasteiger partial charge on any atom is -0.319 e. The van der Waals surface area contributed by atoms with Gasteiger partial charge in [0.15, 0.2) is 0 Å². The standard InChI is InChI=1S/C12H9Cl2FN4O/c13-7-1-2-8(15)9(5-7)17-12(20)6-3-10(14)18-11(4-6)19-16/h1-5H,16H2,(H,17,20)(H,18,19). The molecular formula is C12H9Cl2FN4O. The molecule has 0 radical (unpaired) electrons. The minimum absolute atomic E-state index is 0.0299. The first kappa shape index (κ1) is 14.5. The van der Waals surface area contributed by atoms with Gasteiger partial charge in [-0.25, -0.2) is 15.2 Å². The van der Waals surface area contributed by atoms with Crippen molar-refractivity contribution in [3.63, 3.8) is 0 Å². The number of halogens is 3. The van der Waals surface area contributed by atoms with Crippen LogP contribution in [0.15, 0.2) is 30.3 Å². The zero-order valence-electron chi connectivity index (χ0n) is 9.95. The Balaban J connectivity index is 2.28. The maximum atomic E-state index is 13.5. The van der Waals surface area contributed by atoms with Gasteiger partial charge in [0.1, 0.15) is 16.8 Å². The Bertz CT molecular complexity index is 666. The van der Waals surface area contributed by atoms with Gasteiger partial charge in [-0.05, 0) is 30.3 Å². The zero-order chi connectivity index (χ0) is 14.7. The highest BCUT2D eigenvalue weighted by atomic mass is 35.5. The normalized spacial score (nSPS) is 10.2. The van der Waals surface area contributed by atoms with Crippen molar-refractivity contribution in [2.24, 2.45) is 5.84 Å². The summed E-state index contributed by atoms with van der Waals surface area (Å²) in [6, 6.07) is 6.56. The number of aromatic nitrogens is 1. The van der Waals surface area contributed by atoms with Crippen LogP contribution >= 0.6 is 23.2 Å². The van der Waals surface area contributed by atoms with E-state index in [1.54, 1.807) is 0 Å². The second kappa shape index (κ2) is 6.04. The molecule has 0 unspecified atom stereocenters. The SMILES string of the molecule is NNc1cc(C(=O)Nc2cc(Cl)ccc2F)cc(Cl)n1. The molecule has 0 aliphatic heterocycles. The molecule has 2 aromatic rings. The fraction of sp³-hybridized carbons (Fsp3) is 0. The molecule has 1 heterocycles. The highest BCUT2D eigenvalue weighted by Crippen LogP contribution is 2.21. The van der Waals surface area contributed by atoms with Gasteiger partial charge in [0.05, 0.1) is 5.69 Å². The van der Waals surface area contributed by atoms with E-state index in [2.05, 4.69) is 15.7 Å². The quantitative estimate of drug-likeness (QED) is 0.462. The Labute approximate surface area is 123 Å². The van der Waals surface area contributed by atoms with Crippen molar-refractivity contribution in [3.8, 4) is 0 Å². The van der Waals surface area contributed by atoms with Gasteiger partial charge >= 0.3 is 0 Å². The van der Waals surface area contributed by atoms with E-state index in [1.165, 1.54) is 24.3 Å². The fourth-order valence-electron chi connectivity index (χ4n) is 1.49. The Morgan fingerprint density at radius 3 is 2.70 bits per heavy atom. The molecule has 1 amide bonds. The summed E-state index contributed by atoms with van der Waals surface area (Å²) < 4.78 is 13.5. The summed E-state index contributed by atoms with van der Waals surface area (Å²) in [5.74, 6) is 4.26. The summed E-state index contributed by atoms with van der Waals surface area (Å²) in [5, 5.41) is 2.78. The molecule has 1 aromatic carbocycles. The molecule has 1 aromatic heterocycles. The number of nitrogens with two attached hydrogens (primary N) is 1. The maximum Gasteiger partial charge on any atom is 0.255 e. The van der Waals surface area contributed by atoms with Crippen molar-refractivity contribution < 1.29 is 9.18 Å². The van der Waals surface area contributed by atoms with Gasteiger partial charge in [0.25, 0.3) is 5.91 Å². The number of pyridine rings is 1. The first-order valence-corrected chi connectivity index (χ1v) is 6.16. The molecule has 0 atom stereocenters. The van der Waals surface area contributed by atoms with Crippen LogP contribution in [-0.4, -0.2) is 10.9 Å². The molecule has 20 heavy (non-hydrogen) atoms. The molecule has 0 bridgehead atoms. The third kappa shape index (κ3) is 3.36. The van der Waals surface area contributed by atoms with Crippen LogP contribution in [0.25, 0.3) is 0 Å². The molecule has 4 N–H and O–H groups in total. The summed E-state index contributed by atoms with van der Waals surface area (Å²) in [5.41, 5.74) is 2.42. The second-order valence-electron chi connectivity index (χ2n) is 3.79. The minimum atomic E-state index is -0.597. The molecular weight excluding hydrogens is 306 g/mol. The lowest BCUT2D eigenvalue weighted by Gasteiger charge is -2.08. The van der Waals surface area contributed by atoms with Crippen molar-refractivity contribution in [1.29, 1.82) is 0 Å². The van der Waals surface area contributed by atoms with E-state index in [9.17, 15) is 9.18 Å². The number of anilines is 2. The molecule has 0 fully saturated rings. The Hall–Kier alpha value is -1.89. The number of nitrogens with one attached hydrogen (secondary N) is 2. The van der Waals surface area contributed by atoms with Crippen LogP contribution in [0, 0.1) is 5.82 Å². The topological polar surface area (TPSA) is 80.0 Å². The zero-order valence-corrected chi connectivity index (χ0v) is 11.5. The summed E-state index contributed by atoms with van der Waals surface area (Å²) in [7, 11) is 0. The van der Waals surface area contributed by atoms with Crippen LogP contribution in [-0.2, 0) is 0 Å². The molecule has 0 aliphatic rings. The summed E-state index contributed by atoms with van der Waals surface area (Å²) in [6.07, 6.45) is 0. The number of rotatable bonds is 3. The number of amides is 1. The molecule has 5 nitrogen and oxygen atoms in total. The number of hydrogen-bond acceptors (Lipinski definition) is 4. The van der Waals surface area contributed by atoms with E-state index in [0.29, 0.717) is 5.02 Å². The van der Waals surface area contributed by atoms with Gasteiger partial charge in [-0.3, -0.25) is 4.79 Å². The fourth-order valence-corrected chi connectivity index (χ4v) is 1.87. The van der Waals surface area contributed by atoms with E-state index in [1.807, 2.05) is 0 Å². The summed E-state index contributed by atoms with van der Waals surface area (Å²) in [6.45, 7) is 0. The lowest BCUT2D eigenvalue weighted by atomic mass is 10.2. The average Bonchev–Trinajstić information content (AvgIpc) is 2.42. The van der Waals surface area contributed by atoms with Crippen molar-refractivity contribution in [1.82, 2.24) is 4.98 Å². The molecule has 0 spiro atoms. The van der Waals surface area contributed by atoms with Crippen LogP contribution in [0.5, 0.6) is 0 Å². The smallest absolute Gasteiger partial charge is 0.255 e. The molecule has 0 saturated carbocycles. The number of nitrogens with zero attached hydrogens (tertiary/aromatic N) is 1. The van der Waals surface area contributed by atoms with Crippen molar-refractivity contribution in [2.75, 3.05) is 10.7 Å². The molecule has 0 saturated heterocycles. The molecule has 2 rings (SSSR count). The largest absolute Gasteiger partial charge is 0.319 e.